The molecule has 0 unspecified atom stereocenters. The van der Waals surface area contributed by atoms with Gasteiger partial charge in [-0.15, -0.1) is 6.58 Å². The molecule has 0 spiro atoms. The van der Waals surface area contributed by atoms with E-state index in [0.717, 1.165) is 5.69 Å². The van der Waals surface area contributed by atoms with Crippen molar-refractivity contribution in [2.45, 2.75) is 6.42 Å². The highest BCUT2D eigenvalue weighted by Gasteiger charge is 2.13. The average Bonchev–Trinajstić information content (AvgIpc) is 2.42. The largest absolute Gasteiger partial charge is 0.497 e. The maximum atomic E-state index is 10.7. The summed E-state index contributed by atoms with van der Waals surface area (Å²) in [4.78, 5) is 12.6. The minimum Gasteiger partial charge on any atom is -0.497 e. The molecule has 0 aromatic heterocycles. The molecule has 0 aliphatic carbocycles. The molecule has 0 radical (unpaired) electrons. The van der Waals surface area contributed by atoms with E-state index in [1.54, 1.807) is 32.4 Å². The lowest BCUT2D eigenvalue weighted by Crippen LogP contribution is -2.26. The highest BCUT2D eigenvalue weighted by atomic mass is 16.5. The number of hydrogen-bond donors (Lipinski definition) is 1. The molecule has 0 fully saturated rings. The second-order valence-corrected chi connectivity index (χ2v) is 3.92. The maximum Gasteiger partial charge on any atom is 0.305 e. The SMILES string of the molecule is C=CCN(CCC(=O)O)c1cc(OC)ccc1OC. The minimum atomic E-state index is -0.837. The zero-order valence-electron chi connectivity index (χ0n) is 11.3. The van der Waals surface area contributed by atoms with Gasteiger partial charge in [0.2, 0.25) is 0 Å². The van der Waals surface area contributed by atoms with Crippen molar-refractivity contribution in [3.8, 4) is 11.5 Å². The molecule has 1 rings (SSSR count). The van der Waals surface area contributed by atoms with Crippen LogP contribution in [0.2, 0.25) is 0 Å². The maximum absolute atomic E-state index is 10.7. The molecule has 5 nitrogen and oxygen atoms in total. The summed E-state index contributed by atoms with van der Waals surface area (Å²) < 4.78 is 10.5. The van der Waals surface area contributed by atoms with E-state index < -0.39 is 5.97 Å². The first kappa shape index (κ1) is 14.9. The molecular weight excluding hydrogens is 246 g/mol. The predicted octanol–water partition coefficient (Wildman–Crippen LogP) is 2.17. The van der Waals surface area contributed by atoms with Crippen LogP contribution in [-0.4, -0.2) is 38.4 Å². The smallest absolute Gasteiger partial charge is 0.305 e. The lowest BCUT2D eigenvalue weighted by molar-refractivity contribution is -0.136. The van der Waals surface area contributed by atoms with Gasteiger partial charge in [0.25, 0.3) is 0 Å². The first-order valence-electron chi connectivity index (χ1n) is 5.92. The van der Waals surface area contributed by atoms with Crippen LogP contribution in [0, 0.1) is 0 Å². The summed E-state index contributed by atoms with van der Waals surface area (Å²) in [5, 5.41) is 8.80. The Hall–Kier alpha value is -2.17. The van der Waals surface area contributed by atoms with Gasteiger partial charge in [-0.2, -0.15) is 0 Å². The van der Waals surface area contributed by atoms with Gasteiger partial charge in [0, 0.05) is 19.2 Å². The zero-order valence-corrected chi connectivity index (χ0v) is 11.3. The van der Waals surface area contributed by atoms with Crippen LogP contribution < -0.4 is 14.4 Å². The second kappa shape index (κ2) is 7.31. The average molecular weight is 265 g/mol. The summed E-state index contributed by atoms with van der Waals surface area (Å²) in [5.74, 6) is 0.532. The number of ether oxygens (including phenoxy) is 2. The molecule has 104 valence electrons. The van der Waals surface area contributed by atoms with Crippen LogP contribution in [0.5, 0.6) is 11.5 Å². The van der Waals surface area contributed by atoms with E-state index >= 15 is 0 Å². The van der Waals surface area contributed by atoms with Gasteiger partial charge < -0.3 is 19.5 Å². The Kier molecular flexibility index (Phi) is 5.73. The fourth-order valence-corrected chi connectivity index (χ4v) is 1.74. The van der Waals surface area contributed by atoms with Crippen LogP contribution in [0.15, 0.2) is 30.9 Å². The van der Waals surface area contributed by atoms with Gasteiger partial charge in [-0.25, -0.2) is 0 Å². The molecule has 19 heavy (non-hydrogen) atoms. The van der Waals surface area contributed by atoms with E-state index in [2.05, 4.69) is 6.58 Å². The summed E-state index contributed by atoms with van der Waals surface area (Å²) in [6.07, 6.45) is 1.77. The molecule has 0 saturated carbocycles. The number of benzene rings is 1. The van der Waals surface area contributed by atoms with Gasteiger partial charge in [0.1, 0.15) is 11.5 Å². The summed E-state index contributed by atoms with van der Waals surface area (Å²) in [6, 6.07) is 5.42. The fraction of sp³-hybridized carbons (Fsp3) is 0.357. The van der Waals surface area contributed by atoms with E-state index in [1.165, 1.54) is 0 Å². The quantitative estimate of drug-likeness (QED) is 0.730. The summed E-state index contributed by atoms with van der Waals surface area (Å²) >= 11 is 0. The molecule has 0 aliphatic rings. The van der Waals surface area contributed by atoms with E-state index in [4.69, 9.17) is 14.6 Å². The van der Waals surface area contributed by atoms with Gasteiger partial charge in [-0.1, -0.05) is 6.08 Å². The first-order chi connectivity index (χ1) is 9.12. The number of carbonyl (C=O) groups is 1. The van der Waals surface area contributed by atoms with Crippen molar-refractivity contribution in [3.63, 3.8) is 0 Å². The van der Waals surface area contributed by atoms with E-state index in [0.29, 0.717) is 24.6 Å². The van der Waals surface area contributed by atoms with Crippen molar-refractivity contribution in [2.75, 3.05) is 32.2 Å². The standard InChI is InChI=1S/C14H19NO4/c1-4-8-15(9-7-14(16)17)12-10-11(18-2)5-6-13(12)19-3/h4-6,10H,1,7-9H2,2-3H3,(H,16,17). The van der Waals surface area contributed by atoms with Gasteiger partial charge >= 0.3 is 5.97 Å². The predicted molar refractivity (Wildman–Crippen MR) is 74.2 cm³/mol. The third kappa shape index (κ3) is 4.21. The molecule has 0 atom stereocenters. The number of rotatable bonds is 8. The summed E-state index contributed by atoms with van der Waals surface area (Å²) in [6.45, 7) is 4.61. The Bertz CT molecular complexity index is 445. The molecule has 0 saturated heterocycles. The molecule has 0 bridgehead atoms. The highest BCUT2D eigenvalue weighted by Crippen LogP contribution is 2.32. The number of anilines is 1. The van der Waals surface area contributed by atoms with Crippen LogP contribution in [-0.2, 0) is 4.79 Å². The Morgan fingerprint density at radius 3 is 2.68 bits per heavy atom. The molecule has 0 aliphatic heterocycles. The number of carboxylic acids is 1. The lowest BCUT2D eigenvalue weighted by atomic mass is 10.2. The number of aliphatic carboxylic acids is 1. The Morgan fingerprint density at radius 2 is 2.16 bits per heavy atom. The van der Waals surface area contributed by atoms with Crippen LogP contribution >= 0.6 is 0 Å². The molecule has 0 heterocycles. The minimum absolute atomic E-state index is 0.0498. The number of hydrogen-bond acceptors (Lipinski definition) is 4. The summed E-state index contributed by atoms with van der Waals surface area (Å²) in [7, 11) is 3.16. The Morgan fingerprint density at radius 1 is 1.42 bits per heavy atom. The zero-order chi connectivity index (χ0) is 14.3. The van der Waals surface area contributed by atoms with Gasteiger partial charge in [-0.05, 0) is 12.1 Å². The first-order valence-corrected chi connectivity index (χ1v) is 5.92. The molecule has 1 N–H and O–H groups in total. The van der Waals surface area contributed by atoms with E-state index in [-0.39, 0.29) is 6.42 Å². The fourth-order valence-electron chi connectivity index (χ4n) is 1.74. The van der Waals surface area contributed by atoms with Crippen molar-refractivity contribution in [1.82, 2.24) is 0 Å². The molecule has 0 amide bonds. The number of carboxylic acid groups (broad SMARTS) is 1. The number of methoxy groups -OCH3 is 2. The van der Waals surface area contributed by atoms with Crippen LogP contribution in [0.25, 0.3) is 0 Å². The normalized spacial score (nSPS) is 9.79. The molecule has 1 aromatic carbocycles. The Balaban J connectivity index is 3.04. The summed E-state index contributed by atoms with van der Waals surface area (Å²) in [5.41, 5.74) is 0.794. The van der Waals surface area contributed by atoms with Gasteiger partial charge in [-0.3, -0.25) is 4.79 Å². The van der Waals surface area contributed by atoms with E-state index in [1.807, 2.05) is 11.0 Å². The van der Waals surface area contributed by atoms with Gasteiger partial charge in [0.05, 0.1) is 26.3 Å². The van der Waals surface area contributed by atoms with Crippen molar-refractivity contribution in [2.24, 2.45) is 0 Å². The molecule has 1 aromatic rings. The number of nitrogens with zero attached hydrogens (tertiary/aromatic N) is 1. The van der Waals surface area contributed by atoms with Crippen LogP contribution in [0.1, 0.15) is 6.42 Å². The third-order valence-corrected chi connectivity index (χ3v) is 2.67. The second-order valence-electron chi connectivity index (χ2n) is 3.92. The van der Waals surface area contributed by atoms with Crippen molar-refractivity contribution in [1.29, 1.82) is 0 Å². The van der Waals surface area contributed by atoms with Crippen molar-refractivity contribution >= 4 is 11.7 Å². The third-order valence-electron chi connectivity index (χ3n) is 2.67. The van der Waals surface area contributed by atoms with Crippen LogP contribution in [0.4, 0.5) is 5.69 Å². The van der Waals surface area contributed by atoms with Crippen molar-refractivity contribution in [3.05, 3.63) is 30.9 Å². The topological polar surface area (TPSA) is 59.0 Å². The van der Waals surface area contributed by atoms with Crippen LogP contribution in [0.3, 0.4) is 0 Å². The molecule has 5 heteroatoms. The monoisotopic (exact) mass is 265 g/mol. The Labute approximate surface area is 113 Å². The molecular formula is C14H19NO4. The van der Waals surface area contributed by atoms with Crippen molar-refractivity contribution < 1.29 is 19.4 Å². The van der Waals surface area contributed by atoms with Gasteiger partial charge in [0.15, 0.2) is 0 Å². The lowest BCUT2D eigenvalue weighted by Gasteiger charge is -2.25. The van der Waals surface area contributed by atoms with E-state index in [9.17, 15) is 4.79 Å². The highest BCUT2D eigenvalue weighted by molar-refractivity contribution is 5.69.